The normalized spacial score (nSPS) is 11.0. The Hall–Kier alpha value is -2.78. The molecule has 31 heavy (non-hydrogen) atoms. The summed E-state index contributed by atoms with van der Waals surface area (Å²) < 4.78 is 45.3. The molecule has 0 atom stereocenters. The van der Waals surface area contributed by atoms with Gasteiger partial charge in [0.25, 0.3) is 0 Å². The van der Waals surface area contributed by atoms with Crippen molar-refractivity contribution in [3.63, 3.8) is 0 Å². The number of halogens is 3. The van der Waals surface area contributed by atoms with Gasteiger partial charge in [-0.05, 0) is 91.0 Å². The van der Waals surface area contributed by atoms with E-state index in [9.17, 15) is 27.6 Å². The zero-order chi connectivity index (χ0) is 23.3. The summed E-state index contributed by atoms with van der Waals surface area (Å²) in [5, 5.41) is -0.823. The summed E-state index contributed by atoms with van der Waals surface area (Å²) in [4.78, 5) is 36.0. The first-order valence-corrected chi connectivity index (χ1v) is 10.3. The van der Waals surface area contributed by atoms with Crippen LogP contribution >= 0.6 is 23.5 Å². The first-order valence-electron chi connectivity index (χ1n) is 8.67. The second-order valence-electron chi connectivity index (χ2n) is 6.41. The maximum absolute atomic E-state index is 13.4. The van der Waals surface area contributed by atoms with E-state index in [0.29, 0.717) is 28.3 Å². The van der Waals surface area contributed by atoms with Gasteiger partial charge in [-0.2, -0.15) is 13.2 Å². The summed E-state index contributed by atoms with van der Waals surface area (Å²) >= 11 is 1.34. The van der Waals surface area contributed by atoms with Crippen molar-refractivity contribution in [3.05, 3.63) is 77.9 Å². The Morgan fingerprint density at radius 2 is 1.42 bits per heavy atom. The molecule has 0 radical (unpaired) electrons. The van der Waals surface area contributed by atoms with E-state index >= 15 is 0 Å². The highest BCUT2D eigenvalue weighted by Crippen LogP contribution is 2.39. The lowest BCUT2D eigenvalue weighted by molar-refractivity contribution is -0.139. The van der Waals surface area contributed by atoms with E-state index in [2.05, 4.69) is 13.2 Å². The van der Waals surface area contributed by atoms with Gasteiger partial charge < -0.3 is 4.74 Å². The summed E-state index contributed by atoms with van der Waals surface area (Å²) in [6.45, 7) is 9.95. The number of alkyl halides is 3. The van der Waals surface area contributed by atoms with Crippen molar-refractivity contribution in [1.29, 1.82) is 0 Å². The summed E-state index contributed by atoms with van der Waals surface area (Å²) in [5.41, 5.74) is -0.514. The number of esters is 1. The van der Waals surface area contributed by atoms with Crippen molar-refractivity contribution >= 4 is 39.7 Å². The van der Waals surface area contributed by atoms with E-state index < -0.39 is 22.8 Å². The molecule has 162 valence electrons. The Bertz CT molecular complexity index is 1060. The molecular weight excluding hydrogens is 449 g/mol. The zero-order valence-corrected chi connectivity index (χ0v) is 18.2. The molecule has 0 aliphatic heterocycles. The first kappa shape index (κ1) is 24.5. The fourth-order valence-corrected chi connectivity index (χ4v) is 3.54. The topological polar surface area (TPSA) is 60.4 Å². The number of carbonyl (C=O) groups excluding carboxylic acids is 3. The molecule has 2 aromatic rings. The molecule has 0 unspecified atom stereocenters. The predicted molar refractivity (Wildman–Crippen MR) is 114 cm³/mol. The minimum Gasteiger partial charge on any atom is -0.423 e. The highest BCUT2D eigenvalue weighted by atomic mass is 32.2. The number of benzene rings is 2. The minimum absolute atomic E-state index is 0.0941. The molecule has 9 heteroatoms. The maximum Gasteiger partial charge on any atom is 0.417 e. The van der Waals surface area contributed by atoms with Gasteiger partial charge >= 0.3 is 12.1 Å². The molecular formula is C22H17F3O4S2. The fraction of sp³-hybridized carbons (Fsp3) is 0.136. The largest absolute Gasteiger partial charge is 0.423 e. The van der Waals surface area contributed by atoms with Crippen molar-refractivity contribution in [3.8, 4) is 5.75 Å². The third kappa shape index (κ3) is 6.86. The van der Waals surface area contributed by atoms with Gasteiger partial charge in [0.15, 0.2) is 0 Å². The number of thioether (sulfide) groups is 2. The first-order chi connectivity index (χ1) is 14.4. The van der Waals surface area contributed by atoms with Gasteiger partial charge in [0, 0.05) is 9.79 Å². The van der Waals surface area contributed by atoms with Gasteiger partial charge in [-0.15, -0.1) is 0 Å². The summed E-state index contributed by atoms with van der Waals surface area (Å²) in [6, 6.07) is 8.75. The Kier molecular flexibility index (Phi) is 7.91. The lowest BCUT2D eigenvalue weighted by Crippen LogP contribution is -2.11. The maximum atomic E-state index is 13.4. The highest BCUT2D eigenvalue weighted by molar-refractivity contribution is 8.14. The Morgan fingerprint density at radius 3 is 1.94 bits per heavy atom. The van der Waals surface area contributed by atoms with Crippen LogP contribution in [0.3, 0.4) is 0 Å². The molecule has 0 saturated heterocycles. The molecule has 0 spiro atoms. The molecule has 0 heterocycles. The van der Waals surface area contributed by atoms with E-state index in [1.165, 1.54) is 37.3 Å². The van der Waals surface area contributed by atoms with Gasteiger partial charge in [-0.3, -0.25) is 9.59 Å². The molecule has 0 aliphatic rings. The van der Waals surface area contributed by atoms with E-state index in [0.717, 1.165) is 17.8 Å². The average molecular weight is 467 g/mol. The van der Waals surface area contributed by atoms with Crippen molar-refractivity contribution < 1.29 is 32.3 Å². The quantitative estimate of drug-likeness (QED) is 0.215. The standard InChI is InChI=1S/C22H17F3O4S2/c1-12(2)20(27)30-16-8-5-14(6-9-16)19(26)29-15-7-10-18(31-21(28)13(3)4)17(11-15)22(23,24)25/h5-11H,1,3H2,2,4H3. The monoisotopic (exact) mass is 466 g/mol. The van der Waals surface area contributed by atoms with Crippen LogP contribution in [0.2, 0.25) is 0 Å². The van der Waals surface area contributed by atoms with Crippen LogP contribution in [0.5, 0.6) is 5.75 Å². The molecule has 0 aromatic heterocycles. The number of ether oxygens (including phenoxy) is 1. The summed E-state index contributed by atoms with van der Waals surface area (Å²) in [6.07, 6.45) is -4.76. The lowest BCUT2D eigenvalue weighted by Gasteiger charge is -2.14. The minimum atomic E-state index is -4.76. The third-order valence-corrected chi connectivity index (χ3v) is 5.82. The van der Waals surface area contributed by atoms with E-state index in [1.807, 2.05) is 0 Å². The molecule has 0 saturated carbocycles. The predicted octanol–water partition coefficient (Wildman–Crippen LogP) is 6.31. The second-order valence-corrected chi connectivity index (χ2v) is 8.47. The smallest absolute Gasteiger partial charge is 0.417 e. The molecule has 2 rings (SSSR count). The molecule has 0 fully saturated rings. The van der Waals surface area contributed by atoms with Gasteiger partial charge in [-0.25, -0.2) is 4.79 Å². The summed E-state index contributed by atoms with van der Waals surface area (Å²) in [7, 11) is 0. The van der Waals surface area contributed by atoms with Crippen LogP contribution in [0.25, 0.3) is 0 Å². The van der Waals surface area contributed by atoms with Crippen LogP contribution in [0.1, 0.15) is 29.8 Å². The summed E-state index contributed by atoms with van der Waals surface area (Å²) in [5.74, 6) is -1.19. The fourth-order valence-electron chi connectivity index (χ4n) is 2.09. The van der Waals surface area contributed by atoms with Crippen LogP contribution < -0.4 is 4.74 Å². The van der Waals surface area contributed by atoms with Crippen molar-refractivity contribution in [1.82, 2.24) is 0 Å². The zero-order valence-electron chi connectivity index (χ0n) is 16.5. The third-order valence-electron chi connectivity index (χ3n) is 3.67. The molecule has 0 N–H and O–H groups in total. The second kappa shape index (κ2) is 10.0. The average Bonchev–Trinajstić information content (AvgIpc) is 2.68. The van der Waals surface area contributed by atoms with Crippen molar-refractivity contribution in [2.24, 2.45) is 0 Å². The Labute approximate surface area is 185 Å². The van der Waals surface area contributed by atoms with Crippen LogP contribution in [0, 0.1) is 0 Å². The van der Waals surface area contributed by atoms with E-state index in [4.69, 9.17) is 4.74 Å². The number of rotatable bonds is 6. The molecule has 4 nitrogen and oxygen atoms in total. The van der Waals surface area contributed by atoms with Gasteiger partial charge in [-0.1, -0.05) is 13.2 Å². The van der Waals surface area contributed by atoms with Crippen molar-refractivity contribution in [2.75, 3.05) is 0 Å². The molecule has 2 aromatic carbocycles. The van der Waals surface area contributed by atoms with Crippen LogP contribution in [0.15, 0.2) is 76.6 Å². The molecule has 0 amide bonds. The van der Waals surface area contributed by atoms with Crippen LogP contribution in [0.4, 0.5) is 13.2 Å². The molecule has 0 bridgehead atoms. The lowest BCUT2D eigenvalue weighted by atomic mass is 10.2. The van der Waals surface area contributed by atoms with Crippen molar-refractivity contribution in [2.45, 2.75) is 29.8 Å². The SMILES string of the molecule is C=C(C)C(=O)Sc1ccc(C(=O)Oc2ccc(SC(=O)C(=C)C)c(C(F)(F)F)c2)cc1. The number of hydrogen-bond donors (Lipinski definition) is 0. The van der Waals surface area contributed by atoms with E-state index in [-0.39, 0.29) is 26.9 Å². The molecule has 0 aliphatic carbocycles. The van der Waals surface area contributed by atoms with Crippen LogP contribution in [-0.4, -0.2) is 16.2 Å². The van der Waals surface area contributed by atoms with Gasteiger partial charge in [0.1, 0.15) is 5.75 Å². The van der Waals surface area contributed by atoms with Gasteiger partial charge in [0.05, 0.1) is 11.1 Å². The number of hydrogen-bond acceptors (Lipinski definition) is 6. The van der Waals surface area contributed by atoms with E-state index in [1.54, 1.807) is 6.92 Å². The van der Waals surface area contributed by atoms with Crippen LogP contribution in [-0.2, 0) is 15.8 Å². The number of carbonyl (C=O) groups is 3. The van der Waals surface area contributed by atoms with Gasteiger partial charge in [0.2, 0.25) is 10.2 Å². The Balaban J connectivity index is 2.21. The Morgan fingerprint density at radius 1 is 0.871 bits per heavy atom. The highest BCUT2D eigenvalue weighted by Gasteiger charge is 2.35.